The number of nitrogens with two attached hydrogens (primary N) is 1. The maximum absolute atomic E-state index is 13.2. The molecular weight excluding hydrogens is 486 g/mol. The molecule has 0 saturated heterocycles. The van der Waals surface area contributed by atoms with E-state index in [2.05, 4.69) is 15.0 Å². The summed E-state index contributed by atoms with van der Waals surface area (Å²) >= 11 is 5.90. The van der Waals surface area contributed by atoms with Gasteiger partial charge in [0.1, 0.15) is 11.8 Å². The molecule has 1 amide bonds. The number of carbonyl (C=O) groups excluding carboxylic acids is 1. The van der Waals surface area contributed by atoms with E-state index in [1.807, 2.05) is 0 Å². The molecular formula is C25H24ClF4N3O2. The molecule has 0 spiro atoms. The van der Waals surface area contributed by atoms with E-state index in [1.54, 1.807) is 42.5 Å². The molecule has 3 aromatic rings. The first-order valence-corrected chi connectivity index (χ1v) is 11.2. The molecule has 0 saturated carbocycles. The molecule has 2 unspecified atom stereocenters. The lowest BCUT2D eigenvalue weighted by Crippen LogP contribution is -2.36. The molecule has 0 aliphatic heterocycles. The Kier molecular flexibility index (Phi) is 9.45. The number of alkyl halides is 4. The van der Waals surface area contributed by atoms with Crippen molar-refractivity contribution in [3.05, 3.63) is 94.3 Å². The zero-order valence-electron chi connectivity index (χ0n) is 18.5. The van der Waals surface area contributed by atoms with E-state index in [1.165, 1.54) is 24.4 Å². The monoisotopic (exact) mass is 509 g/mol. The summed E-state index contributed by atoms with van der Waals surface area (Å²) in [5, 5.41) is 3.68. The summed E-state index contributed by atoms with van der Waals surface area (Å²) in [6.07, 6.45) is -1.17. The molecule has 0 aliphatic carbocycles. The molecule has 0 aliphatic rings. The van der Waals surface area contributed by atoms with Gasteiger partial charge in [0, 0.05) is 29.9 Å². The molecule has 2 aromatic carbocycles. The molecule has 35 heavy (non-hydrogen) atoms. The lowest BCUT2D eigenvalue weighted by molar-refractivity contribution is -0.120. The number of primary amides is 1. The topological polar surface area (TPSA) is 77.2 Å². The van der Waals surface area contributed by atoms with Crippen molar-refractivity contribution in [1.82, 2.24) is 10.3 Å². The first-order chi connectivity index (χ1) is 16.7. The van der Waals surface area contributed by atoms with Gasteiger partial charge in [0.15, 0.2) is 0 Å². The number of pyridine rings is 1. The number of hydrogen-bond acceptors (Lipinski definition) is 4. The van der Waals surface area contributed by atoms with Gasteiger partial charge in [-0.05, 0) is 42.2 Å². The Morgan fingerprint density at radius 1 is 1.03 bits per heavy atom. The summed E-state index contributed by atoms with van der Waals surface area (Å²) in [6.45, 7) is -3.15. The highest BCUT2D eigenvalue weighted by atomic mass is 35.5. The molecule has 3 rings (SSSR count). The zero-order valence-corrected chi connectivity index (χ0v) is 19.3. The van der Waals surface area contributed by atoms with Gasteiger partial charge in [-0.3, -0.25) is 15.1 Å². The summed E-state index contributed by atoms with van der Waals surface area (Å²) in [5.74, 6) is -0.951. The van der Waals surface area contributed by atoms with Gasteiger partial charge in [-0.1, -0.05) is 54.1 Å². The first kappa shape index (κ1) is 26.4. The van der Waals surface area contributed by atoms with Crippen LogP contribution in [-0.4, -0.2) is 23.9 Å². The number of nitrogens with zero attached hydrogens (tertiary/aromatic N) is 1. The number of aryl methyl sites for hydroxylation is 1. The van der Waals surface area contributed by atoms with Crippen LogP contribution in [0.2, 0.25) is 5.02 Å². The average molecular weight is 510 g/mol. The normalized spacial score (nSPS) is 13.1. The standard InChI is InChI=1S/C25H24ClF4N3O2/c26-18-7-8-19(32-14-18)9-10-20(33-23(24(31)34)15-4-2-1-3-5-15)16-6-11-21(35-25(29)30)17(12-16)13-22(27)28/h1-8,11-12,14,20,22-23,25,33H,9-10,13H2,(H2,31,34). The molecule has 5 nitrogen and oxygen atoms in total. The number of rotatable bonds is 12. The number of halogens is 5. The predicted octanol–water partition coefficient (Wildman–Crippen LogP) is 5.63. The molecule has 0 bridgehead atoms. The third-order valence-corrected chi connectivity index (χ3v) is 5.56. The Morgan fingerprint density at radius 2 is 1.77 bits per heavy atom. The lowest BCUT2D eigenvalue weighted by atomic mass is 9.95. The van der Waals surface area contributed by atoms with Crippen molar-refractivity contribution in [2.45, 2.75) is 44.4 Å². The van der Waals surface area contributed by atoms with Crippen molar-refractivity contribution < 1.29 is 27.1 Å². The molecule has 1 heterocycles. The lowest BCUT2D eigenvalue weighted by Gasteiger charge is -2.26. The Labute approximate surface area is 205 Å². The number of nitrogens with one attached hydrogen (secondary N) is 1. The second kappa shape index (κ2) is 12.5. The number of ether oxygens (including phenoxy) is 1. The number of amides is 1. The summed E-state index contributed by atoms with van der Waals surface area (Å²) in [4.78, 5) is 16.6. The Bertz CT molecular complexity index is 1100. The van der Waals surface area contributed by atoms with E-state index in [4.69, 9.17) is 17.3 Å². The summed E-state index contributed by atoms with van der Waals surface area (Å²) in [7, 11) is 0. The van der Waals surface area contributed by atoms with E-state index < -0.39 is 37.4 Å². The number of benzene rings is 2. The molecule has 0 radical (unpaired) electrons. The first-order valence-electron chi connectivity index (χ1n) is 10.8. The van der Waals surface area contributed by atoms with E-state index in [-0.39, 0.29) is 11.3 Å². The van der Waals surface area contributed by atoms with Crippen LogP contribution in [-0.2, 0) is 17.6 Å². The minimum absolute atomic E-state index is 0.0652. The van der Waals surface area contributed by atoms with E-state index in [0.29, 0.717) is 29.0 Å². The third-order valence-electron chi connectivity index (χ3n) is 5.34. The Morgan fingerprint density at radius 3 is 2.37 bits per heavy atom. The molecule has 2 atom stereocenters. The maximum Gasteiger partial charge on any atom is 0.387 e. The second-order valence-corrected chi connectivity index (χ2v) is 8.25. The molecule has 10 heteroatoms. The van der Waals surface area contributed by atoms with Crippen LogP contribution in [0.25, 0.3) is 0 Å². The molecule has 0 fully saturated rings. The van der Waals surface area contributed by atoms with Crippen molar-refractivity contribution in [2.24, 2.45) is 5.73 Å². The predicted molar refractivity (Wildman–Crippen MR) is 125 cm³/mol. The smallest absolute Gasteiger partial charge is 0.387 e. The van der Waals surface area contributed by atoms with Gasteiger partial charge in [0.05, 0.1) is 5.02 Å². The van der Waals surface area contributed by atoms with Gasteiger partial charge in [-0.15, -0.1) is 0 Å². The Balaban J connectivity index is 1.95. The van der Waals surface area contributed by atoms with E-state index in [0.717, 1.165) is 5.69 Å². The minimum Gasteiger partial charge on any atom is -0.435 e. The fraction of sp³-hybridized carbons (Fsp3) is 0.280. The molecule has 186 valence electrons. The van der Waals surface area contributed by atoms with Crippen LogP contribution in [0.3, 0.4) is 0 Å². The number of aromatic nitrogens is 1. The van der Waals surface area contributed by atoms with Crippen LogP contribution in [0.15, 0.2) is 66.9 Å². The van der Waals surface area contributed by atoms with Crippen LogP contribution in [0.4, 0.5) is 17.6 Å². The SMILES string of the molecule is NC(=O)C(NC(CCc1ccc(Cl)cn1)c1ccc(OC(F)F)c(CC(F)F)c1)c1ccccc1. The quantitative estimate of drug-likeness (QED) is 0.310. The summed E-state index contributed by atoms with van der Waals surface area (Å²) in [6, 6.07) is 14.9. The summed E-state index contributed by atoms with van der Waals surface area (Å²) in [5.41, 5.74) is 7.46. The van der Waals surface area contributed by atoms with Gasteiger partial charge >= 0.3 is 6.61 Å². The fourth-order valence-electron chi connectivity index (χ4n) is 3.73. The zero-order chi connectivity index (χ0) is 25.4. The minimum atomic E-state index is -3.15. The van der Waals surface area contributed by atoms with Gasteiger partial charge in [0.2, 0.25) is 12.3 Å². The molecule has 3 N–H and O–H groups in total. The van der Waals surface area contributed by atoms with Crippen molar-refractivity contribution in [3.8, 4) is 5.75 Å². The number of hydrogen-bond donors (Lipinski definition) is 2. The highest BCUT2D eigenvalue weighted by molar-refractivity contribution is 6.30. The molecule has 1 aromatic heterocycles. The highest BCUT2D eigenvalue weighted by Crippen LogP contribution is 2.30. The Hall–Kier alpha value is -3.17. The van der Waals surface area contributed by atoms with E-state index in [9.17, 15) is 22.4 Å². The van der Waals surface area contributed by atoms with E-state index >= 15 is 0 Å². The van der Waals surface area contributed by atoms with Crippen molar-refractivity contribution in [1.29, 1.82) is 0 Å². The van der Waals surface area contributed by atoms with Crippen LogP contribution in [0.5, 0.6) is 5.75 Å². The third kappa shape index (κ3) is 7.93. The van der Waals surface area contributed by atoms with Crippen LogP contribution in [0.1, 0.15) is 40.9 Å². The van der Waals surface area contributed by atoms with Gasteiger partial charge in [-0.25, -0.2) is 8.78 Å². The van der Waals surface area contributed by atoms with Gasteiger partial charge in [0.25, 0.3) is 0 Å². The van der Waals surface area contributed by atoms with Crippen molar-refractivity contribution >= 4 is 17.5 Å². The van der Waals surface area contributed by atoms with Crippen LogP contribution >= 0.6 is 11.6 Å². The average Bonchev–Trinajstić information content (AvgIpc) is 2.81. The summed E-state index contributed by atoms with van der Waals surface area (Å²) < 4.78 is 56.4. The fourth-order valence-corrected chi connectivity index (χ4v) is 3.85. The second-order valence-electron chi connectivity index (χ2n) is 7.81. The maximum atomic E-state index is 13.2. The van der Waals surface area contributed by atoms with Crippen LogP contribution in [0, 0.1) is 0 Å². The van der Waals surface area contributed by atoms with Crippen molar-refractivity contribution in [2.75, 3.05) is 0 Å². The number of carbonyl (C=O) groups is 1. The highest BCUT2D eigenvalue weighted by Gasteiger charge is 2.24. The van der Waals surface area contributed by atoms with Gasteiger partial charge in [-0.2, -0.15) is 8.78 Å². The van der Waals surface area contributed by atoms with Crippen LogP contribution < -0.4 is 15.8 Å². The van der Waals surface area contributed by atoms with Gasteiger partial charge < -0.3 is 10.5 Å². The van der Waals surface area contributed by atoms with Crippen molar-refractivity contribution in [3.63, 3.8) is 0 Å². The largest absolute Gasteiger partial charge is 0.435 e.